The Balaban J connectivity index is 2.09. The molecule has 6 heteroatoms. The lowest BCUT2D eigenvalue weighted by molar-refractivity contribution is -0.141. The Bertz CT molecular complexity index is 799. The predicted molar refractivity (Wildman–Crippen MR) is 126 cm³/mol. The zero-order valence-electron chi connectivity index (χ0n) is 17.9. The fourth-order valence-corrected chi connectivity index (χ4v) is 4.04. The summed E-state index contributed by atoms with van der Waals surface area (Å²) in [4.78, 5) is 28.9. The van der Waals surface area contributed by atoms with E-state index in [1.807, 2.05) is 75.4 Å². The van der Waals surface area contributed by atoms with Gasteiger partial charge in [0.1, 0.15) is 6.04 Å². The topological polar surface area (TPSA) is 49.4 Å². The van der Waals surface area contributed by atoms with Crippen molar-refractivity contribution in [2.24, 2.45) is 0 Å². The average Bonchev–Trinajstić information content (AvgIpc) is 2.75. The number of nitrogens with one attached hydrogen (secondary N) is 1. The zero-order valence-corrected chi connectivity index (χ0v) is 19.5. The van der Waals surface area contributed by atoms with Gasteiger partial charge in [-0.2, -0.15) is 0 Å². The number of hydrogen-bond donors (Lipinski definition) is 1. The quantitative estimate of drug-likeness (QED) is 0.460. The maximum atomic E-state index is 13.2. The van der Waals surface area contributed by atoms with Gasteiger partial charge >= 0.3 is 0 Å². The van der Waals surface area contributed by atoms with E-state index in [1.54, 1.807) is 16.7 Å². The fraction of sp³-hybridized carbons (Fsp3) is 0.417. The summed E-state index contributed by atoms with van der Waals surface area (Å²) in [7, 11) is 0. The van der Waals surface area contributed by atoms with Crippen LogP contribution >= 0.6 is 23.4 Å². The number of thioether (sulfide) groups is 1. The monoisotopic (exact) mass is 446 g/mol. The molecule has 2 aromatic rings. The van der Waals surface area contributed by atoms with Gasteiger partial charge in [0.2, 0.25) is 11.8 Å². The van der Waals surface area contributed by atoms with E-state index in [1.165, 1.54) is 0 Å². The molecular weight excluding hydrogens is 416 g/mol. The second-order valence-corrected chi connectivity index (χ2v) is 8.91. The number of carbonyl (C=O) groups is 2. The van der Waals surface area contributed by atoms with Crippen LogP contribution in [0.25, 0.3) is 0 Å². The summed E-state index contributed by atoms with van der Waals surface area (Å²) in [6, 6.07) is 17.0. The highest BCUT2D eigenvalue weighted by molar-refractivity contribution is 7.99. The van der Waals surface area contributed by atoms with Crippen molar-refractivity contribution < 1.29 is 9.59 Å². The molecule has 0 aromatic heterocycles. The molecule has 0 aliphatic rings. The van der Waals surface area contributed by atoms with Crippen molar-refractivity contribution in [3.05, 3.63) is 65.2 Å². The minimum atomic E-state index is -0.479. The molecule has 1 N–H and O–H groups in total. The molecule has 0 bridgehead atoms. The minimum absolute atomic E-state index is 0.00790. The third-order valence-corrected chi connectivity index (χ3v) is 6.25. The molecule has 0 unspecified atom stereocenters. The van der Waals surface area contributed by atoms with E-state index in [2.05, 4.69) is 5.32 Å². The van der Waals surface area contributed by atoms with Crippen LogP contribution in [0.3, 0.4) is 0 Å². The molecule has 4 nitrogen and oxygen atoms in total. The lowest BCUT2D eigenvalue weighted by Gasteiger charge is -2.31. The number of rotatable bonds is 11. The third-order valence-electron chi connectivity index (χ3n) is 4.98. The maximum absolute atomic E-state index is 13.2. The van der Waals surface area contributed by atoms with Gasteiger partial charge in [0, 0.05) is 34.7 Å². The fourth-order valence-electron chi connectivity index (χ4n) is 3.07. The van der Waals surface area contributed by atoms with Crippen molar-refractivity contribution >= 4 is 35.2 Å². The average molecular weight is 447 g/mol. The number of hydrogen-bond acceptors (Lipinski definition) is 3. The minimum Gasteiger partial charge on any atom is -0.352 e. The molecule has 2 atom stereocenters. The van der Waals surface area contributed by atoms with E-state index < -0.39 is 6.04 Å². The molecule has 0 saturated heterocycles. The molecular formula is C24H31ClN2O2S. The molecule has 0 radical (unpaired) electrons. The van der Waals surface area contributed by atoms with E-state index in [-0.39, 0.29) is 17.9 Å². The molecule has 0 heterocycles. The van der Waals surface area contributed by atoms with Crippen molar-refractivity contribution in [1.29, 1.82) is 0 Å². The highest BCUT2D eigenvalue weighted by Gasteiger charge is 2.28. The standard InChI is InChI=1S/C24H31ClN2O2S/c1-4-18(3)26-24(29)22(5-2)27(17-19-9-7-6-8-10-19)23(28)15-16-30-21-13-11-20(25)12-14-21/h6-14,18,22H,4-5,15-17H2,1-3H3,(H,26,29)/t18-,22-/m0/s1. The van der Waals surface area contributed by atoms with Gasteiger partial charge in [0.15, 0.2) is 0 Å². The van der Waals surface area contributed by atoms with Crippen molar-refractivity contribution in [3.63, 3.8) is 0 Å². The number of nitrogens with zero attached hydrogens (tertiary/aromatic N) is 1. The Hall–Kier alpha value is -1.98. The Kier molecular flexibility index (Phi) is 10.2. The van der Waals surface area contributed by atoms with E-state index in [9.17, 15) is 9.59 Å². The van der Waals surface area contributed by atoms with Crippen molar-refractivity contribution in [2.75, 3.05) is 5.75 Å². The van der Waals surface area contributed by atoms with Crippen LogP contribution in [0.5, 0.6) is 0 Å². The molecule has 2 rings (SSSR count). The lowest BCUT2D eigenvalue weighted by atomic mass is 10.1. The molecule has 2 aromatic carbocycles. The smallest absolute Gasteiger partial charge is 0.243 e. The number of halogens is 1. The van der Waals surface area contributed by atoms with Gasteiger partial charge in [-0.3, -0.25) is 9.59 Å². The Morgan fingerprint density at radius 1 is 1.03 bits per heavy atom. The van der Waals surface area contributed by atoms with Crippen LogP contribution in [-0.2, 0) is 16.1 Å². The van der Waals surface area contributed by atoms with Gasteiger partial charge < -0.3 is 10.2 Å². The summed E-state index contributed by atoms with van der Waals surface area (Å²) in [5.74, 6) is 0.558. The Morgan fingerprint density at radius 2 is 1.70 bits per heavy atom. The Morgan fingerprint density at radius 3 is 2.30 bits per heavy atom. The van der Waals surface area contributed by atoms with Crippen molar-refractivity contribution in [1.82, 2.24) is 10.2 Å². The third kappa shape index (κ3) is 7.69. The molecule has 162 valence electrons. The summed E-state index contributed by atoms with van der Waals surface area (Å²) >= 11 is 7.55. The van der Waals surface area contributed by atoms with Crippen LogP contribution in [-0.4, -0.2) is 34.6 Å². The van der Waals surface area contributed by atoms with Gasteiger partial charge in [-0.05, 0) is 49.6 Å². The van der Waals surface area contributed by atoms with Gasteiger partial charge in [0.25, 0.3) is 0 Å². The summed E-state index contributed by atoms with van der Waals surface area (Å²) < 4.78 is 0. The second kappa shape index (κ2) is 12.7. The van der Waals surface area contributed by atoms with Gasteiger partial charge in [0.05, 0.1) is 0 Å². The first-order chi connectivity index (χ1) is 14.4. The second-order valence-electron chi connectivity index (χ2n) is 7.30. The molecule has 0 aliphatic heterocycles. The lowest BCUT2D eigenvalue weighted by Crippen LogP contribution is -2.50. The normalized spacial score (nSPS) is 12.8. The molecule has 0 aliphatic carbocycles. The summed E-state index contributed by atoms with van der Waals surface area (Å²) in [6.07, 6.45) is 1.80. The summed E-state index contributed by atoms with van der Waals surface area (Å²) in [5, 5.41) is 3.74. The van der Waals surface area contributed by atoms with Crippen LogP contribution in [0, 0.1) is 0 Å². The van der Waals surface area contributed by atoms with E-state index in [0.29, 0.717) is 30.2 Å². The molecule has 0 fully saturated rings. The van der Waals surface area contributed by atoms with Crippen LogP contribution in [0.2, 0.25) is 5.02 Å². The molecule has 0 saturated carbocycles. The Labute approximate surface area is 189 Å². The zero-order chi connectivity index (χ0) is 21.9. The number of carbonyl (C=O) groups excluding carboxylic acids is 2. The first kappa shape index (κ1) is 24.3. The molecule has 30 heavy (non-hydrogen) atoms. The van der Waals surface area contributed by atoms with Crippen molar-refractivity contribution in [3.8, 4) is 0 Å². The first-order valence-corrected chi connectivity index (χ1v) is 11.8. The number of amides is 2. The van der Waals surface area contributed by atoms with Gasteiger partial charge in [-0.1, -0.05) is 55.8 Å². The van der Waals surface area contributed by atoms with E-state index in [4.69, 9.17) is 11.6 Å². The van der Waals surface area contributed by atoms with Crippen LogP contribution in [0.4, 0.5) is 0 Å². The van der Waals surface area contributed by atoms with E-state index >= 15 is 0 Å². The SMILES string of the molecule is CC[C@H](C)NC(=O)[C@H](CC)N(Cc1ccccc1)C(=O)CCSc1ccc(Cl)cc1. The molecule has 2 amide bonds. The summed E-state index contributed by atoms with van der Waals surface area (Å²) in [6.45, 7) is 6.40. The van der Waals surface area contributed by atoms with Crippen LogP contribution in [0.15, 0.2) is 59.5 Å². The largest absolute Gasteiger partial charge is 0.352 e. The van der Waals surface area contributed by atoms with Crippen molar-refractivity contribution in [2.45, 2.75) is 63.6 Å². The first-order valence-electron chi connectivity index (χ1n) is 10.5. The molecule has 0 spiro atoms. The van der Waals surface area contributed by atoms with Gasteiger partial charge in [-0.25, -0.2) is 0 Å². The highest BCUT2D eigenvalue weighted by atomic mass is 35.5. The van der Waals surface area contributed by atoms with E-state index in [0.717, 1.165) is 16.9 Å². The predicted octanol–water partition coefficient (Wildman–Crippen LogP) is 5.54. The van der Waals surface area contributed by atoms with Crippen LogP contribution < -0.4 is 5.32 Å². The van der Waals surface area contributed by atoms with Crippen LogP contribution in [0.1, 0.15) is 45.6 Å². The number of benzene rings is 2. The highest BCUT2D eigenvalue weighted by Crippen LogP contribution is 2.22. The summed E-state index contributed by atoms with van der Waals surface area (Å²) in [5.41, 5.74) is 1.02. The van der Waals surface area contributed by atoms with Gasteiger partial charge in [-0.15, -0.1) is 11.8 Å². The maximum Gasteiger partial charge on any atom is 0.243 e.